The van der Waals surface area contributed by atoms with Crippen molar-refractivity contribution in [2.24, 2.45) is 5.73 Å². The summed E-state index contributed by atoms with van der Waals surface area (Å²) in [5.41, 5.74) is 6.20. The number of hydrogen-bond acceptors (Lipinski definition) is 1. The molecule has 1 atom stereocenters. The van der Waals surface area contributed by atoms with Crippen LogP contribution in [-0.2, 0) is 6.42 Å². The minimum atomic E-state index is -0.795. The molecule has 0 bridgehead atoms. The zero-order chi connectivity index (χ0) is 12.9. The second kappa shape index (κ2) is 6.10. The highest BCUT2D eigenvalue weighted by Gasteiger charge is 2.24. The molecule has 0 radical (unpaired) electrons. The van der Waals surface area contributed by atoms with E-state index in [1.165, 1.54) is 6.07 Å². The van der Waals surface area contributed by atoms with Crippen LogP contribution in [0.15, 0.2) is 18.2 Å². The van der Waals surface area contributed by atoms with Gasteiger partial charge in [0.1, 0.15) is 0 Å². The van der Waals surface area contributed by atoms with E-state index >= 15 is 0 Å². The molecule has 0 saturated heterocycles. The lowest BCUT2D eigenvalue weighted by atomic mass is 9.84. The first-order valence-corrected chi connectivity index (χ1v) is 6.24. The van der Waals surface area contributed by atoms with E-state index in [1.807, 2.05) is 6.92 Å². The summed E-state index contributed by atoms with van der Waals surface area (Å²) in [6.07, 6.45) is 4.08. The minimum Gasteiger partial charge on any atom is -0.325 e. The molecule has 0 aliphatic rings. The second-order valence-electron chi connectivity index (χ2n) is 4.71. The van der Waals surface area contributed by atoms with Crippen molar-refractivity contribution in [3.63, 3.8) is 0 Å². The maximum absolute atomic E-state index is 13.6. The number of hydrogen-bond donors (Lipinski definition) is 1. The fourth-order valence-corrected chi connectivity index (χ4v) is 1.98. The van der Waals surface area contributed by atoms with E-state index in [2.05, 4.69) is 6.92 Å². The molecular weight excluding hydrogens is 220 g/mol. The molecule has 1 aromatic rings. The number of unbranched alkanes of at least 4 members (excludes halogenated alkanes) is 1. The third kappa shape index (κ3) is 3.77. The molecule has 96 valence electrons. The highest BCUT2D eigenvalue weighted by molar-refractivity contribution is 5.21. The normalized spacial score (nSPS) is 14.6. The maximum atomic E-state index is 13.6. The predicted octanol–water partition coefficient (Wildman–Crippen LogP) is 3.81. The highest BCUT2D eigenvalue weighted by Crippen LogP contribution is 2.23. The van der Waals surface area contributed by atoms with Gasteiger partial charge >= 0.3 is 0 Å². The van der Waals surface area contributed by atoms with Gasteiger partial charge < -0.3 is 5.73 Å². The Morgan fingerprint density at radius 2 is 1.94 bits per heavy atom. The Morgan fingerprint density at radius 1 is 1.24 bits per heavy atom. The lowest BCUT2D eigenvalue weighted by molar-refractivity contribution is 0.357. The van der Waals surface area contributed by atoms with Crippen LogP contribution in [-0.4, -0.2) is 5.54 Å². The molecule has 17 heavy (non-hydrogen) atoms. The summed E-state index contributed by atoms with van der Waals surface area (Å²) in [5.74, 6) is -1.55. The van der Waals surface area contributed by atoms with Crippen LogP contribution in [0.3, 0.4) is 0 Å². The van der Waals surface area contributed by atoms with Gasteiger partial charge in [-0.3, -0.25) is 0 Å². The minimum absolute atomic E-state index is 0.380. The Hall–Kier alpha value is -0.960. The van der Waals surface area contributed by atoms with Crippen molar-refractivity contribution >= 4 is 0 Å². The Morgan fingerprint density at radius 3 is 2.53 bits per heavy atom. The van der Waals surface area contributed by atoms with Gasteiger partial charge in [-0.15, -0.1) is 0 Å². The molecule has 0 amide bonds. The van der Waals surface area contributed by atoms with Crippen LogP contribution in [0.2, 0.25) is 0 Å². The van der Waals surface area contributed by atoms with Crippen LogP contribution in [0.25, 0.3) is 0 Å². The van der Waals surface area contributed by atoms with E-state index in [0.717, 1.165) is 31.7 Å². The summed E-state index contributed by atoms with van der Waals surface area (Å²) in [6.45, 7) is 4.09. The van der Waals surface area contributed by atoms with Gasteiger partial charge in [-0.05, 0) is 30.9 Å². The molecule has 1 aromatic carbocycles. The smallest absolute Gasteiger partial charge is 0.162 e. The lowest BCUT2D eigenvalue weighted by Gasteiger charge is -2.28. The number of benzene rings is 1. The molecule has 1 nitrogen and oxygen atoms in total. The van der Waals surface area contributed by atoms with Crippen molar-refractivity contribution in [1.82, 2.24) is 0 Å². The van der Waals surface area contributed by atoms with Gasteiger partial charge in [0.05, 0.1) is 0 Å². The molecule has 0 fully saturated rings. The molecule has 1 unspecified atom stereocenters. The van der Waals surface area contributed by atoms with Crippen LogP contribution in [0.5, 0.6) is 0 Å². The van der Waals surface area contributed by atoms with Crippen LogP contribution in [0.4, 0.5) is 8.78 Å². The molecule has 0 aliphatic carbocycles. The summed E-state index contributed by atoms with van der Waals surface area (Å²) < 4.78 is 26.7. The van der Waals surface area contributed by atoms with E-state index in [-0.39, 0.29) is 0 Å². The number of rotatable bonds is 6. The largest absolute Gasteiger partial charge is 0.325 e. The monoisotopic (exact) mass is 241 g/mol. The third-order valence-electron chi connectivity index (χ3n) is 3.31. The summed E-state index contributed by atoms with van der Waals surface area (Å²) in [6, 6.07) is 4.28. The number of halogens is 2. The highest BCUT2D eigenvalue weighted by atomic mass is 19.2. The molecular formula is C14H21F2N. The van der Waals surface area contributed by atoms with Crippen LogP contribution < -0.4 is 5.73 Å². The summed E-state index contributed by atoms with van der Waals surface area (Å²) in [4.78, 5) is 0. The standard InChI is InChI=1S/C14H21F2N/c1-3-5-9-14(17,4-2)10-11-7-6-8-12(15)13(11)16/h6-8H,3-5,9-10,17H2,1-2H3. The topological polar surface area (TPSA) is 26.0 Å². The van der Waals surface area contributed by atoms with Gasteiger partial charge in [-0.25, -0.2) is 8.78 Å². The van der Waals surface area contributed by atoms with Crippen molar-refractivity contribution in [3.05, 3.63) is 35.4 Å². The molecule has 0 saturated carbocycles. The fraction of sp³-hybridized carbons (Fsp3) is 0.571. The SMILES string of the molecule is CCCCC(N)(CC)Cc1cccc(F)c1F. The molecule has 0 aliphatic heterocycles. The van der Waals surface area contributed by atoms with Gasteiger partial charge in [0.15, 0.2) is 11.6 Å². The van der Waals surface area contributed by atoms with Crippen molar-refractivity contribution in [2.75, 3.05) is 0 Å². The van der Waals surface area contributed by atoms with E-state index in [4.69, 9.17) is 5.73 Å². The molecule has 1 rings (SSSR count). The first-order chi connectivity index (χ1) is 8.02. The summed E-state index contributed by atoms with van der Waals surface area (Å²) in [7, 11) is 0. The van der Waals surface area contributed by atoms with E-state index < -0.39 is 17.2 Å². The van der Waals surface area contributed by atoms with Crippen LogP contribution in [0, 0.1) is 11.6 Å². The Kier molecular flexibility index (Phi) is 5.06. The summed E-state index contributed by atoms with van der Waals surface area (Å²) in [5, 5.41) is 0. The van der Waals surface area contributed by atoms with Crippen molar-refractivity contribution in [1.29, 1.82) is 0 Å². The van der Waals surface area contributed by atoms with E-state index in [1.54, 1.807) is 6.07 Å². The van der Waals surface area contributed by atoms with Gasteiger partial charge in [-0.2, -0.15) is 0 Å². The maximum Gasteiger partial charge on any atom is 0.162 e. The average molecular weight is 241 g/mol. The van der Waals surface area contributed by atoms with Crippen molar-refractivity contribution < 1.29 is 8.78 Å². The van der Waals surface area contributed by atoms with Crippen LogP contribution in [0.1, 0.15) is 45.1 Å². The zero-order valence-corrected chi connectivity index (χ0v) is 10.6. The van der Waals surface area contributed by atoms with Crippen LogP contribution >= 0.6 is 0 Å². The average Bonchev–Trinajstić information content (AvgIpc) is 2.33. The van der Waals surface area contributed by atoms with Gasteiger partial charge in [0.2, 0.25) is 0 Å². The summed E-state index contributed by atoms with van der Waals surface area (Å²) >= 11 is 0. The fourth-order valence-electron chi connectivity index (χ4n) is 1.98. The van der Waals surface area contributed by atoms with Crippen molar-refractivity contribution in [2.45, 2.75) is 51.5 Å². The molecule has 0 spiro atoms. The first-order valence-electron chi connectivity index (χ1n) is 6.24. The van der Waals surface area contributed by atoms with Gasteiger partial charge in [0, 0.05) is 5.54 Å². The molecule has 2 N–H and O–H groups in total. The second-order valence-corrected chi connectivity index (χ2v) is 4.71. The van der Waals surface area contributed by atoms with Crippen molar-refractivity contribution in [3.8, 4) is 0 Å². The predicted molar refractivity (Wildman–Crippen MR) is 66.8 cm³/mol. The Labute approximate surface area is 102 Å². The Balaban J connectivity index is 2.83. The van der Waals surface area contributed by atoms with E-state index in [9.17, 15) is 8.78 Å². The van der Waals surface area contributed by atoms with E-state index in [0.29, 0.717) is 12.0 Å². The number of nitrogens with two attached hydrogens (primary N) is 1. The lowest BCUT2D eigenvalue weighted by Crippen LogP contribution is -2.41. The Bertz CT molecular complexity index is 365. The first kappa shape index (κ1) is 14.1. The molecule has 0 heterocycles. The van der Waals surface area contributed by atoms with Gasteiger partial charge in [0.25, 0.3) is 0 Å². The molecule has 3 heteroatoms. The zero-order valence-electron chi connectivity index (χ0n) is 10.6. The third-order valence-corrected chi connectivity index (χ3v) is 3.31. The van der Waals surface area contributed by atoms with Gasteiger partial charge in [-0.1, -0.05) is 38.8 Å². The molecule has 0 aromatic heterocycles. The quantitative estimate of drug-likeness (QED) is 0.805.